The summed E-state index contributed by atoms with van der Waals surface area (Å²) in [5, 5.41) is 26.0. The Balaban J connectivity index is 1.43. The van der Waals surface area contributed by atoms with Gasteiger partial charge in [0.15, 0.2) is 6.29 Å². The molecule has 5 aromatic rings. The maximum absolute atomic E-state index is 13.8. The Hall–Kier alpha value is -4.27. The number of rotatable bonds is 7. The van der Waals surface area contributed by atoms with E-state index in [1.165, 1.54) is 24.4 Å². The summed E-state index contributed by atoms with van der Waals surface area (Å²) in [6.07, 6.45) is 2.84. The Bertz CT molecular complexity index is 1800. The van der Waals surface area contributed by atoms with Gasteiger partial charge in [0.2, 0.25) is 0 Å². The van der Waals surface area contributed by atoms with E-state index in [9.17, 15) is 9.65 Å². The summed E-state index contributed by atoms with van der Waals surface area (Å²) in [7, 11) is 1.80. The monoisotopic (exact) mass is 589 g/mol. The minimum atomic E-state index is -0.544. The van der Waals surface area contributed by atoms with Crippen molar-refractivity contribution in [2.45, 2.75) is 12.3 Å². The number of aromatic nitrogens is 4. The molecule has 0 saturated carbocycles. The number of nitriles is 1. The average molecular weight is 590 g/mol. The molecule has 3 heterocycles. The molecule has 0 radical (unpaired) electrons. The zero-order valence-corrected chi connectivity index (χ0v) is 23.1. The van der Waals surface area contributed by atoms with Crippen molar-refractivity contribution in [1.82, 2.24) is 20.0 Å². The summed E-state index contributed by atoms with van der Waals surface area (Å²) in [4.78, 5) is 4.42. The maximum atomic E-state index is 13.8. The SMILES string of the molecule is Cn1cc(C(Nc2cc(Cl)c3ncc(C#N)c(Nc4ccc(F)c(Cl)c4)c3c2)c2cccc(C3OCCO3)c2)nn1. The van der Waals surface area contributed by atoms with Gasteiger partial charge in [-0.2, -0.15) is 5.26 Å². The van der Waals surface area contributed by atoms with E-state index in [1.54, 1.807) is 17.8 Å². The van der Waals surface area contributed by atoms with Gasteiger partial charge in [-0.15, -0.1) is 5.10 Å². The quantitative estimate of drug-likeness (QED) is 0.216. The lowest BCUT2D eigenvalue weighted by Gasteiger charge is -2.21. The molecule has 1 saturated heterocycles. The minimum absolute atomic E-state index is 0.0466. The lowest BCUT2D eigenvalue weighted by atomic mass is 10.0. The minimum Gasteiger partial charge on any atom is -0.373 e. The van der Waals surface area contributed by atoms with Crippen LogP contribution in [0.2, 0.25) is 10.0 Å². The molecule has 3 aromatic carbocycles. The summed E-state index contributed by atoms with van der Waals surface area (Å²) < 4.78 is 26.8. The van der Waals surface area contributed by atoms with E-state index in [1.807, 2.05) is 36.5 Å². The number of anilines is 3. The fourth-order valence-electron chi connectivity index (χ4n) is 4.71. The Morgan fingerprint density at radius 2 is 1.88 bits per heavy atom. The molecule has 9 nitrogen and oxygen atoms in total. The van der Waals surface area contributed by atoms with E-state index in [2.05, 4.69) is 32.0 Å². The first-order valence-corrected chi connectivity index (χ1v) is 13.4. The zero-order valence-electron chi connectivity index (χ0n) is 21.6. The van der Waals surface area contributed by atoms with Crippen LogP contribution >= 0.6 is 23.2 Å². The number of hydrogen-bond acceptors (Lipinski definition) is 8. The van der Waals surface area contributed by atoms with Crippen LogP contribution in [0.5, 0.6) is 0 Å². The van der Waals surface area contributed by atoms with Gasteiger partial charge in [-0.25, -0.2) is 4.39 Å². The van der Waals surface area contributed by atoms with Gasteiger partial charge in [0.05, 0.1) is 52.3 Å². The Kier molecular flexibility index (Phi) is 7.43. The third-order valence-corrected chi connectivity index (χ3v) is 7.18. The van der Waals surface area contributed by atoms with Crippen molar-refractivity contribution in [1.29, 1.82) is 5.26 Å². The van der Waals surface area contributed by atoms with E-state index in [-0.39, 0.29) is 10.6 Å². The lowest BCUT2D eigenvalue weighted by Crippen LogP contribution is -2.14. The number of hydrogen-bond donors (Lipinski definition) is 2. The van der Waals surface area contributed by atoms with Crippen molar-refractivity contribution in [3.05, 3.63) is 105 Å². The van der Waals surface area contributed by atoms with Crippen LogP contribution in [-0.4, -0.2) is 33.2 Å². The molecule has 1 aliphatic rings. The van der Waals surface area contributed by atoms with Gasteiger partial charge in [-0.1, -0.05) is 46.6 Å². The van der Waals surface area contributed by atoms with E-state index < -0.39 is 18.1 Å². The fraction of sp³-hybridized carbons (Fsp3) is 0.172. The van der Waals surface area contributed by atoms with E-state index in [4.69, 9.17) is 32.7 Å². The predicted molar refractivity (Wildman–Crippen MR) is 154 cm³/mol. The number of fused-ring (bicyclic) bond motifs is 1. The smallest absolute Gasteiger partial charge is 0.184 e. The summed E-state index contributed by atoms with van der Waals surface area (Å²) in [5.41, 5.74) is 4.84. The number of nitrogens with one attached hydrogen (secondary N) is 2. The lowest BCUT2D eigenvalue weighted by molar-refractivity contribution is -0.0441. The van der Waals surface area contributed by atoms with E-state index in [0.29, 0.717) is 51.9 Å². The van der Waals surface area contributed by atoms with E-state index in [0.717, 1.165) is 11.1 Å². The second-order valence-corrected chi connectivity index (χ2v) is 10.2. The molecule has 0 amide bonds. The Morgan fingerprint density at radius 3 is 2.61 bits per heavy atom. The van der Waals surface area contributed by atoms with Crippen molar-refractivity contribution < 1.29 is 13.9 Å². The van der Waals surface area contributed by atoms with Crippen molar-refractivity contribution >= 4 is 51.2 Å². The molecule has 6 rings (SSSR count). The second kappa shape index (κ2) is 11.3. The van der Waals surface area contributed by atoms with Gasteiger partial charge in [0.1, 0.15) is 17.6 Å². The Labute approximate surface area is 244 Å². The zero-order chi connectivity index (χ0) is 28.5. The topological polar surface area (TPSA) is 110 Å². The van der Waals surface area contributed by atoms with Crippen LogP contribution in [0.25, 0.3) is 10.9 Å². The first-order valence-electron chi connectivity index (χ1n) is 12.6. The molecule has 2 aromatic heterocycles. The van der Waals surface area contributed by atoms with Gasteiger partial charge >= 0.3 is 0 Å². The molecular formula is C29H22Cl2FN7O2. The highest BCUT2D eigenvalue weighted by molar-refractivity contribution is 6.36. The highest BCUT2D eigenvalue weighted by Gasteiger charge is 2.23. The number of halogens is 3. The van der Waals surface area contributed by atoms with Crippen LogP contribution in [0.3, 0.4) is 0 Å². The molecule has 0 aliphatic carbocycles. The number of pyridine rings is 1. The molecule has 12 heteroatoms. The van der Waals surface area contributed by atoms with E-state index >= 15 is 0 Å². The number of ether oxygens (including phenoxy) is 2. The molecule has 1 atom stereocenters. The number of benzene rings is 3. The van der Waals surface area contributed by atoms with Crippen LogP contribution in [0, 0.1) is 17.1 Å². The van der Waals surface area contributed by atoms with Crippen LogP contribution in [0.15, 0.2) is 67.0 Å². The third kappa shape index (κ3) is 5.53. The van der Waals surface area contributed by atoms with Crippen molar-refractivity contribution in [3.8, 4) is 6.07 Å². The standard InChI is InChI=1S/C29H22Cl2FN7O2/c1-39-15-25(37-38-39)27(16-3-2-4-17(9-16)29-40-7-8-41-29)36-20-10-21-26(35-19-5-6-24(32)22(30)11-19)18(13-33)14-34-28(21)23(31)12-20/h2-6,9-12,14-15,27,29,36H,7-8H2,1H3,(H,34,35). The third-order valence-electron chi connectivity index (χ3n) is 6.60. The average Bonchev–Trinajstić information content (AvgIpc) is 3.67. The van der Waals surface area contributed by atoms with Crippen molar-refractivity contribution in [3.63, 3.8) is 0 Å². The molecule has 0 bridgehead atoms. The van der Waals surface area contributed by atoms with Gasteiger partial charge in [0.25, 0.3) is 0 Å². The molecule has 206 valence electrons. The van der Waals surface area contributed by atoms with Gasteiger partial charge < -0.3 is 20.1 Å². The number of nitrogens with zero attached hydrogens (tertiary/aromatic N) is 5. The van der Waals surface area contributed by atoms with Gasteiger partial charge in [-0.3, -0.25) is 9.67 Å². The number of aryl methyl sites for hydroxylation is 1. The first kappa shape index (κ1) is 26.9. The summed E-state index contributed by atoms with van der Waals surface area (Å²) in [5.74, 6) is -0.544. The largest absolute Gasteiger partial charge is 0.373 e. The molecule has 1 unspecified atom stereocenters. The molecule has 0 spiro atoms. The van der Waals surface area contributed by atoms with Gasteiger partial charge in [0, 0.05) is 35.6 Å². The maximum Gasteiger partial charge on any atom is 0.184 e. The van der Waals surface area contributed by atoms with Crippen LogP contribution in [-0.2, 0) is 16.5 Å². The summed E-state index contributed by atoms with van der Waals surface area (Å²) in [6, 6.07) is 17.5. The molecule has 41 heavy (non-hydrogen) atoms. The highest BCUT2D eigenvalue weighted by atomic mass is 35.5. The van der Waals surface area contributed by atoms with Crippen LogP contribution in [0.4, 0.5) is 21.5 Å². The van der Waals surface area contributed by atoms with Crippen LogP contribution in [0.1, 0.15) is 34.7 Å². The van der Waals surface area contributed by atoms with Gasteiger partial charge in [-0.05, 0) is 42.0 Å². The summed E-state index contributed by atoms with van der Waals surface area (Å²) in [6.45, 7) is 1.07. The second-order valence-electron chi connectivity index (χ2n) is 9.40. The molecule has 1 aliphatic heterocycles. The first-order chi connectivity index (χ1) is 19.9. The van der Waals surface area contributed by atoms with Crippen molar-refractivity contribution in [2.75, 3.05) is 23.8 Å². The van der Waals surface area contributed by atoms with Crippen LogP contribution < -0.4 is 10.6 Å². The Morgan fingerprint density at radius 1 is 1.07 bits per heavy atom. The molecule has 2 N–H and O–H groups in total. The predicted octanol–water partition coefficient (Wildman–Crippen LogP) is 6.67. The molecular weight excluding hydrogens is 568 g/mol. The normalized spacial score (nSPS) is 14.2. The summed E-state index contributed by atoms with van der Waals surface area (Å²) >= 11 is 12.7. The van der Waals surface area contributed by atoms with Crippen molar-refractivity contribution in [2.24, 2.45) is 7.05 Å². The molecule has 1 fully saturated rings. The highest BCUT2D eigenvalue weighted by Crippen LogP contribution is 2.37. The fourth-order valence-corrected chi connectivity index (χ4v) is 5.16.